The van der Waals surface area contributed by atoms with Crippen LogP contribution < -0.4 is 16.0 Å². The van der Waals surface area contributed by atoms with Gasteiger partial charge in [0.25, 0.3) is 0 Å². The van der Waals surface area contributed by atoms with Gasteiger partial charge < -0.3 is 25.6 Å². The van der Waals surface area contributed by atoms with Crippen molar-refractivity contribution < 1.29 is 14.3 Å². The number of carbonyl (C=O) groups is 2. The minimum atomic E-state index is -0.481. The molecule has 0 aromatic carbocycles. The number of guanidine groups is 1. The standard InChI is InChI=1S/C20H39N5O3.HI/c1-5-21-18(22-12-9-13-24-19(27)28-20(2,3)4)23-14-10-16-25-15-8-6-7-11-17(25)26;/h5-16H2,1-4H3,(H,24,27)(H2,21,22,23);1H. The molecule has 3 N–H and O–H groups in total. The molecule has 0 bridgehead atoms. The number of hydrogen-bond donors (Lipinski definition) is 3. The zero-order valence-electron chi connectivity index (χ0n) is 18.5. The van der Waals surface area contributed by atoms with Gasteiger partial charge >= 0.3 is 6.09 Å². The van der Waals surface area contributed by atoms with E-state index in [-0.39, 0.29) is 29.9 Å². The van der Waals surface area contributed by atoms with Crippen LogP contribution in [0.2, 0.25) is 0 Å². The van der Waals surface area contributed by atoms with Crippen LogP contribution in [0, 0.1) is 0 Å². The molecule has 9 heteroatoms. The second kappa shape index (κ2) is 15.6. The van der Waals surface area contributed by atoms with Gasteiger partial charge in [0.15, 0.2) is 5.96 Å². The maximum absolute atomic E-state index is 12.0. The van der Waals surface area contributed by atoms with Gasteiger partial charge in [-0.3, -0.25) is 9.79 Å². The number of rotatable bonds is 9. The first kappa shape index (κ1) is 27.7. The van der Waals surface area contributed by atoms with E-state index in [2.05, 4.69) is 20.9 Å². The second-order valence-corrected chi connectivity index (χ2v) is 8.01. The van der Waals surface area contributed by atoms with Gasteiger partial charge in [0.1, 0.15) is 5.60 Å². The van der Waals surface area contributed by atoms with Crippen LogP contribution in [-0.2, 0) is 9.53 Å². The number of ether oxygens (including phenoxy) is 1. The lowest BCUT2D eigenvalue weighted by atomic mass is 10.2. The molecule has 1 heterocycles. The molecule has 1 rings (SSSR count). The predicted molar refractivity (Wildman–Crippen MR) is 128 cm³/mol. The molecule has 0 aliphatic carbocycles. The number of carbonyl (C=O) groups excluding carboxylic acids is 2. The summed E-state index contributed by atoms with van der Waals surface area (Å²) in [7, 11) is 0. The molecule has 2 amide bonds. The first-order chi connectivity index (χ1) is 13.3. The van der Waals surface area contributed by atoms with Crippen molar-refractivity contribution >= 4 is 41.9 Å². The lowest BCUT2D eigenvalue weighted by molar-refractivity contribution is -0.130. The number of likely N-dealkylation sites (tertiary alicyclic amines) is 1. The number of alkyl carbamates (subject to hydrolysis) is 1. The van der Waals surface area contributed by atoms with Crippen LogP contribution in [0.25, 0.3) is 0 Å². The van der Waals surface area contributed by atoms with Crippen LogP contribution in [0.15, 0.2) is 4.99 Å². The van der Waals surface area contributed by atoms with Gasteiger partial charge in [0.05, 0.1) is 0 Å². The van der Waals surface area contributed by atoms with E-state index >= 15 is 0 Å². The van der Waals surface area contributed by atoms with Gasteiger partial charge in [0, 0.05) is 45.7 Å². The lowest BCUT2D eigenvalue weighted by Gasteiger charge is -2.20. The molecule has 1 aliphatic rings. The van der Waals surface area contributed by atoms with Gasteiger partial charge in [0.2, 0.25) is 5.91 Å². The van der Waals surface area contributed by atoms with Crippen molar-refractivity contribution in [2.24, 2.45) is 4.99 Å². The topological polar surface area (TPSA) is 95.1 Å². The molecule has 0 atom stereocenters. The van der Waals surface area contributed by atoms with Gasteiger partial charge in [-0.1, -0.05) is 6.42 Å². The summed E-state index contributed by atoms with van der Waals surface area (Å²) in [6, 6.07) is 0. The van der Waals surface area contributed by atoms with Crippen LogP contribution in [0.3, 0.4) is 0 Å². The van der Waals surface area contributed by atoms with E-state index in [1.807, 2.05) is 32.6 Å². The van der Waals surface area contributed by atoms with Gasteiger partial charge in [-0.15, -0.1) is 24.0 Å². The van der Waals surface area contributed by atoms with Crippen molar-refractivity contribution in [1.82, 2.24) is 20.9 Å². The summed E-state index contributed by atoms with van der Waals surface area (Å²) in [5.74, 6) is 1.05. The molecule has 0 radical (unpaired) electrons. The number of halogens is 1. The Bertz CT molecular complexity index is 509. The lowest BCUT2D eigenvalue weighted by Crippen LogP contribution is -2.39. The minimum absolute atomic E-state index is 0. The van der Waals surface area contributed by atoms with E-state index in [4.69, 9.17) is 4.74 Å². The number of amides is 2. The first-order valence-corrected chi connectivity index (χ1v) is 10.6. The van der Waals surface area contributed by atoms with Crippen molar-refractivity contribution in [3.05, 3.63) is 0 Å². The molecule has 0 aromatic rings. The minimum Gasteiger partial charge on any atom is -0.444 e. The fourth-order valence-electron chi connectivity index (χ4n) is 2.87. The van der Waals surface area contributed by atoms with E-state index < -0.39 is 11.7 Å². The quantitative estimate of drug-likeness (QED) is 0.186. The molecule has 29 heavy (non-hydrogen) atoms. The molecular weight excluding hydrogens is 485 g/mol. The predicted octanol–water partition coefficient (Wildman–Crippen LogP) is 2.87. The molecule has 1 saturated heterocycles. The summed E-state index contributed by atoms with van der Waals surface area (Å²) in [6.07, 6.45) is 5.20. The highest BCUT2D eigenvalue weighted by Crippen LogP contribution is 2.11. The molecular formula is C20H40IN5O3. The van der Waals surface area contributed by atoms with E-state index in [1.54, 1.807) is 0 Å². The highest BCUT2D eigenvalue weighted by Gasteiger charge is 2.16. The number of nitrogens with one attached hydrogen (secondary N) is 3. The average Bonchev–Trinajstić information content (AvgIpc) is 2.81. The monoisotopic (exact) mass is 525 g/mol. The molecule has 170 valence electrons. The summed E-state index contributed by atoms with van der Waals surface area (Å²) < 4.78 is 5.20. The van der Waals surface area contributed by atoms with Gasteiger partial charge in [-0.2, -0.15) is 0 Å². The molecule has 0 aromatic heterocycles. The van der Waals surface area contributed by atoms with Crippen molar-refractivity contribution in [3.63, 3.8) is 0 Å². The zero-order chi connectivity index (χ0) is 20.8. The SMILES string of the molecule is CCNC(=NCCCN1CCCCCC1=O)NCCCNC(=O)OC(C)(C)C.I. The Labute approximate surface area is 193 Å². The summed E-state index contributed by atoms with van der Waals surface area (Å²) in [4.78, 5) is 30.1. The van der Waals surface area contributed by atoms with Crippen molar-refractivity contribution in [3.8, 4) is 0 Å². The fraction of sp³-hybridized carbons (Fsp3) is 0.850. The normalized spacial score (nSPS) is 15.2. The Kier molecular flexibility index (Phi) is 14.9. The van der Waals surface area contributed by atoms with Crippen LogP contribution in [0.4, 0.5) is 4.79 Å². The summed E-state index contributed by atoms with van der Waals surface area (Å²) in [5, 5.41) is 9.23. The van der Waals surface area contributed by atoms with Gasteiger partial charge in [-0.05, 0) is 53.4 Å². The Morgan fingerprint density at radius 3 is 2.52 bits per heavy atom. The maximum Gasteiger partial charge on any atom is 0.407 e. The van der Waals surface area contributed by atoms with Crippen LogP contribution in [-0.4, -0.2) is 67.7 Å². The zero-order valence-corrected chi connectivity index (χ0v) is 20.8. The summed E-state index contributed by atoms with van der Waals surface area (Å²) >= 11 is 0. The molecule has 0 spiro atoms. The van der Waals surface area contributed by atoms with E-state index in [0.717, 1.165) is 57.7 Å². The maximum atomic E-state index is 12.0. The Balaban J connectivity index is 0.00000784. The smallest absolute Gasteiger partial charge is 0.407 e. The van der Waals surface area contributed by atoms with Crippen LogP contribution >= 0.6 is 24.0 Å². The summed E-state index contributed by atoms with van der Waals surface area (Å²) in [5.41, 5.74) is -0.481. The Morgan fingerprint density at radius 1 is 1.10 bits per heavy atom. The second-order valence-electron chi connectivity index (χ2n) is 8.01. The van der Waals surface area contributed by atoms with Crippen molar-refractivity contribution in [1.29, 1.82) is 0 Å². The molecule has 1 aliphatic heterocycles. The molecule has 1 fully saturated rings. The Hall–Kier alpha value is -1.26. The van der Waals surface area contributed by atoms with Gasteiger partial charge in [-0.25, -0.2) is 4.79 Å². The van der Waals surface area contributed by atoms with Crippen LogP contribution in [0.1, 0.15) is 66.2 Å². The number of hydrogen-bond acceptors (Lipinski definition) is 4. The number of nitrogens with zero attached hydrogens (tertiary/aromatic N) is 2. The van der Waals surface area contributed by atoms with Crippen molar-refractivity contribution in [2.75, 3.05) is 39.3 Å². The van der Waals surface area contributed by atoms with Crippen LogP contribution in [0.5, 0.6) is 0 Å². The third-order valence-corrected chi connectivity index (χ3v) is 4.19. The summed E-state index contributed by atoms with van der Waals surface area (Å²) in [6.45, 7) is 11.9. The average molecular weight is 525 g/mol. The van der Waals surface area contributed by atoms with E-state index in [1.165, 1.54) is 0 Å². The Morgan fingerprint density at radius 2 is 1.83 bits per heavy atom. The number of aliphatic imine (C=N–C) groups is 1. The van der Waals surface area contributed by atoms with E-state index in [9.17, 15) is 9.59 Å². The third kappa shape index (κ3) is 14.4. The fourth-order valence-corrected chi connectivity index (χ4v) is 2.87. The van der Waals surface area contributed by atoms with E-state index in [0.29, 0.717) is 26.1 Å². The molecule has 8 nitrogen and oxygen atoms in total. The van der Waals surface area contributed by atoms with Crippen molar-refractivity contribution in [2.45, 2.75) is 71.8 Å². The third-order valence-electron chi connectivity index (χ3n) is 4.19. The highest BCUT2D eigenvalue weighted by atomic mass is 127. The molecule has 0 saturated carbocycles. The molecule has 0 unspecified atom stereocenters. The largest absolute Gasteiger partial charge is 0.444 e. The first-order valence-electron chi connectivity index (χ1n) is 10.6. The highest BCUT2D eigenvalue weighted by molar-refractivity contribution is 14.0.